The molecule has 0 aliphatic carbocycles. The van der Waals surface area contributed by atoms with Gasteiger partial charge in [0.1, 0.15) is 23.6 Å². The Labute approximate surface area is 158 Å². The van der Waals surface area contributed by atoms with Crippen LogP contribution in [0, 0.1) is 10.1 Å². The number of carbonyl (C=O) groups is 1. The van der Waals surface area contributed by atoms with Crippen LogP contribution in [0.1, 0.15) is 15.9 Å². The molecule has 0 atom stereocenters. The van der Waals surface area contributed by atoms with Gasteiger partial charge in [-0.25, -0.2) is 9.59 Å². The summed E-state index contributed by atoms with van der Waals surface area (Å²) in [7, 11) is 3.03. The first kappa shape index (κ1) is 18.9. The molecule has 28 heavy (non-hydrogen) atoms. The predicted molar refractivity (Wildman–Crippen MR) is 101 cm³/mol. The predicted octanol–water partition coefficient (Wildman–Crippen LogP) is 3.11. The third kappa shape index (κ3) is 3.78. The lowest BCUT2D eigenvalue weighted by Crippen LogP contribution is -2.09. The van der Waals surface area contributed by atoms with Crippen molar-refractivity contribution < 1.29 is 23.6 Å². The van der Waals surface area contributed by atoms with E-state index < -0.39 is 16.5 Å². The van der Waals surface area contributed by atoms with Crippen LogP contribution in [-0.2, 0) is 11.3 Å². The lowest BCUT2D eigenvalue weighted by atomic mass is 10.1. The van der Waals surface area contributed by atoms with Gasteiger partial charge in [0.25, 0.3) is 5.69 Å². The van der Waals surface area contributed by atoms with E-state index in [-0.39, 0.29) is 23.5 Å². The third-order valence-electron chi connectivity index (χ3n) is 4.10. The van der Waals surface area contributed by atoms with E-state index in [1.54, 1.807) is 25.2 Å². The average molecular weight is 384 g/mol. The number of nitro benzene ring substituents is 1. The lowest BCUT2D eigenvalue weighted by Gasteiger charge is -2.09. The molecule has 2 aromatic carbocycles. The molecule has 0 bridgehead atoms. The molecule has 0 aliphatic rings. The Morgan fingerprint density at radius 1 is 1.21 bits per heavy atom. The molecular weight excluding hydrogens is 368 g/mol. The summed E-state index contributed by atoms with van der Waals surface area (Å²) in [6.07, 6.45) is 0. The van der Waals surface area contributed by atoms with Crippen molar-refractivity contribution in [2.75, 3.05) is 19.5 Å². The number of nitrogens with one attached hydrogen (secondary N) is 1. The van der Waals surface area contributed by atoms with Crippen LogP contribution in [0.3, 0.4) is 0 Å². The van der Waals surface area contributed by atoms with Crippen molar-refractivity contribution >= 4 is 28.3 Å². The van der Waals surface area contributed by atoms with Crippen LogP contribution in [0.4, 0.5) is 11.4 Å². The van der Waals surface area contributed by atoms with Gasteiger partial charge in [-0.05, 0) is 24.3 Å². The van der Waals surface area contributed by atoms with Gasteiger partial charge in [-0.2, -0.15) is 0 Å². The van der Waals surface area contributed by atoms with Crippen molar-refractivity contribution in [1.82, 2.24) is 0 Å². The van der Waals surface area contributed by atoms with Crippen LogP contribution >= 0.6 is 0 Å². The maximum absolute atomic E-state index is 12.3. The maximum atomic E-state index is 12.3. The Balaban J connectivity index is 1.86. The molecule has 1 aromatic heterocycles. The van der Waals surface area contributed by atoms with E-state index in [0.29, 0.717) is 22.3 Å². The van der Waals surface area contributed by atoms with Crippen LogP contribution in [0.25, 0.3) is 11.0 Å². The van der Waals surface area contributed by atoms with Gasteiger partial charge in [-0.1, -0.05) is 0 Å². The molecule has 3 rings (SSSR count). The van der Waals surface area contributed by atoms with Gasteiger partial charge in [-0.3, -0.25) is 10.1 Å². The molecule has 9 nitrogen and oxygen atoms in total. The molecule has 0 radical (unpaired) electrons. The molecule has 1 N–H and O–H groups in total. The molecule has 0 aliphatic heterocycles. The highest BCUT2D eigenvalue weighted by Crippen LogP contribution is 2.26. The quantitative estimate of drug-likeness (QED) is 0.298. The Bertz CT molecular complexity index is 1120. The number of hydrogen-bond donors (Lipinski definition) is 1. The number of esters is 1. The summed E-state index contributed by atoms with van der Waals surface area (Å²) in [6, 6.07) is 10.1. The van der Waals surface area contributed by atoms with Crippen LogP contribution in [-0.4, -0.2) is 25.1 Å². The first-order valence-corrected chi connectivity index (χ1v) is 8.17. The van der Waals surface area contributed by atoms with Gasteiger partial charge in [-0.15, -0.1) is 0 Å². The Kier molecular flexibility index (Phi) is 5.25. The smallest absolute Gasteiger partial charge is 0.338 e. The fraction of sp³-hybridized carbons (Fsp3) is 0.158. The van der Waals surface area contributed by atoms with Crippen molar-refractivity contribution in [2.45, 2.75) is 6.61 Å². The van der Waals surface area contributed by atoms with E-state index in [4.69, 9.17) is 13.9 Å². The first-order valence-electron chi connectivity index (χ1n) is 8.17. The number of rotatable bonds is 6. The van der Waals surface area contributed by atoms with Crippen LogP contribution < -0.4 is 15.7 Å². The normalized spacial score (nSPS) is 10.5. The van der Waals surface area contributed by atoms with Gasteiger partial charge in [0.2, 0.25) is 0 Å². The van der Waals surface area contributed by atoms with E-state index in [1.165, 1.54) is 25.3 Å². The monoisotopic (exact) mass is 384 g/mol. The van der Waals surface area contributed by atoms with Gasteiger partial charge < -0.3 is 19.2 Å². The molecule has 3 aromatic rings. The molecular formula is C19H16N2O7. The van der Waals surface area contributed by atoms with Crippen molar-refractivity contribution in [1.29, 1.82) is 0 Å². The fourth-order valence-electron chi connectivity index (χ4n) is 2.70. The van der Waals surface area contributed by atoms with E-state index in [9.17, 15) is 19.7 Å². The minimum Gasteiger partial charge on any atom is -0.497 e. The molecule has 0 amide bonds. The Hall–Kier alpha value is -3.88. The number of nitrogens with zero attached hydrogens (tertiary/aromatic N) is 1. The summed E-state index contributed by atoms with van der Waals surface area (Å²) >= 11 is 0. The van der Waals surface area contributed by atoms with Gasteiger partial charge in [0.05, 0.1) is 17.6 Å². The molecule has 144 valence electrons. The van der Waals surface area contributed by atoms with Crippen LogP contribution in [0.2, 0.25) is 0 Å². The second kappa shape index (κ2) is 7.78. The second-order valence-electron chi connectivity index (χ2n) is 5.77. The summed E-state index contributed by atoms with van der Waals surface area (Å²) in [5.74, 6) is -0.234. The highest BCUT2D eigenvalue weighted by atomic mass is 16.6. The van der Waals surface area contributed by atoms with Crippen molar-refractivity contribution in [3.63, 3.8) is 0 Å². The zero-order valence-corrected chi connectivity index (χ0v) is 15.1. The van der Waals surface area contributed by atoms with Gasteiger partial charge in [0.15, 0.2) is 0 Å². The molecule has 0 spiro atoms. The van der Waals surface area contributed by atoms with E-state index in [0.717, 1.165) is 6.07 Å². The molecule has 0 fully saturated rings. The third-order valence-corrected chi connectivity index (χ3v) is 4.10. The zero-order chi connectivity index (χ0) is 20.3. The summed E-state index contributed by atoms with van der Waals surface area (Å²) in [5, 5.41) is 14.4. The average Bonchev–Trinajstić information content (AvgIpc) is 2.70. The number of carbonyl (C=O) groups excluding carboxylic acids is 1. The highest BCUT2D eigenvalue weighted by Gasteiger charge is 2.18. The fourth-order valence-corrected chi connectivity index (χ4v) is 2.70. The number of anilines is 1. The first-order chi connectivity index (χ1) is 13.4. The maximum Gasteiger partial charge on any atom is 0.338 e. The molecule has 0 saturated carbocycles. The highest BCUT2D eigenvalue weighted by molar-refractivity contribution is 5.91. The van der Waals surface area contributed by atoms with Crippen LogP contribution in [0.15, 0.2) is 51.7 Å². The van der Waals surface area contributed by atoms with Crippen molar-refractivity contribution in [3.05, 3.63) is 74.1 Å². The number of hydrogen-bond acceptors (Lipinski definition) is 8. The number of benzene rings is 2. The number of methoxy groups -OCH3 is 1. The van der Waals surface area contributed by atoms with Crippen molar-refractivity contribution in [3.8, 4) is 5.75 Å². The minimum atomic E-state index is -0.749. The Morgan fingerprint density at radius 3 is 2.68 bits per heavy atom. The summed E-state index contributed by atoms with van der Waals surface area (Å²) in [6.45, 7) is -0.200. The largest absolute Gasteiger partial charge is 0.497 e. The minimum absolute atomic E-state index is 0.0274. The van der Waals surface area contributed by atoms with Crippen LogP contribution in [0.5, 0.6) is 5.75 Å². The number of ether oxygens (including phenoxy) is 2. The lowest BCUT2D eigenvalue weighted by molar-refractivity contribution is -0.384. The van der Waals surface area contributed by atoms with Gasteiger partial charge >= 0.3 is 11.6 Å². The van der Waals surface area contributed by atoms with Crippen molar-refractivity contribution in [2.24, 2.45) is 0 Å². The molecule has 0 saturated heterocycles. The van der Waals surface area contributed by atoms with E-state index in [2.05, 4.69) is 5.32 Å². The van der Waals surface area contributed by atoms with E-state index in [1.807, 2.05) is 0 Å². The second-order valence-corrected chi connectivity index (χ2v) is 5.77. The van der Waals surface area contributed by atoms with E-state index >= 15 is 0 Å². The summed E-state index contributed by atoms with van der Waals surface area (Å²) in [4.78, 5) is 34.6. The molecule has 0 unspecified atom stereocenters. The van der Waals surface area contributed by atoms with Gasteiger partial charge in [0, 0.05) is 36.2 Å². The zero-order valence-electron chi connectivity index (χ0n) is 15.1. The number of nitro groups is 1. The molecule has 1 heterocycles. The topological polar surface area (TPSA) is 121 Å². The number of fused-ring (bicyclic) bond motifs is 1. The standard InChI is InChI=1S/C19H16N2O7/c1-20-15-6-3-11(7-16(15)21(24)25)19(23)27-10-12-8-18(22)28-17-9-13(26-2)4-5-14(12)17/h3-9,20H,10H2,1-2H3. The summed E-state index contributed by atoms with van der Waals surface area (Å²) in [5.41, 5.74) is 0.216. The SMILES string of the molecule is CNc1ccc(C(=O)OCc2cc(=O)oc3cc(OC)ccc23)cc1[N+](=O)[O-]. The summed E-state index contributed by atoms with van der Waals surface area (Å²) < 4.78 is 15.5. The Morgan fingerprint density at radius 2 is 2.00 bits per heavy atom. The molecule has 9 heteroatoms.